The topological polar surface area (TPSA) is 61.5 Å². The average Bonchev–Trinajstić information content (AvgIpc) is 2.38. The maximum atomic E-state index is 11.5. The standard InChI is InChI=1S/C13H13NO3/c1-16-9-4-6-10-8(7-9)3-5-11(12(10)14)13(15)17-2/h3-7H,14H2,1-2H3. The van der Waals surface area contributed by atoms with E-state index >= 15 is 0 Å². The Hall–Kier alpha value is -2.23. The summed E-state index contributed by atoms with van der Waals surface area (Å²) in [6.45, 7) is 0. The molecule has 2 aromatic rings. The largest absolute Gasteiger partial charge is 0.497 e. The van der Waals surface area contributed by atoms with Gasteiger partial charge in [-0.2, -0.15) is 0 Å². The Bertz CT molecular complexity index is 578. The van der Waals surface area contributed by atoms with Gasteiger partial charge in [0, 0.05) is 5.39 Å². The average molecular weight is 231 g/mol. The Labute approximate surface area is 98.9 Å². The van der Waals surface area contributed by atoms with Gasteiger partial charge in [0.2, 0.25) is 0 Å². The Morgan fingerprint density at radius 2 is 1.94 bits per heavy atom. The first-order valence-corrected chi connectivity index (χ1v) is 5.12. The third kappa shape index (κ3) is 1.89. The zero-order valence-corrected chi connectivity index (χ0v) is 9.69. The van der Waals surface area contributed by atoms with Gasteiger partial charge in [-0.25, -0.2) is 4.79 Å². The number of hydrogen-bond acceptors (Lipinski definition) is 4. The number of hydrogen-bond donors (Lipinski definition) is 1. The van der Waals surface area contributed by atoms with Crippen LogP contribution in [0.3, 0.4) is 0 Å². The van der Waals surface area contributed by atoms with Gasteiger partial charge in [0.15, 0.2) is 0 Å². The van der Waals surface area contributed by atoms with Crippen LogP contribution in [0.5, 0.6) is 5.75 Å². The van der Waals surface area contributed by atoms with Crippen molar-refractivity contribution in [2.24, 2.45) is 0 Å². The number of anilines is 1. The lowest BCUT2D eigenvalue weighted by molar-refractivity contribution is 0.0602. The van der Waals surface area contributed by atoms with E-state index in [1.807, 2.05) is 18.2 Å². The molecule has 0 amide bonds. The Morgan fingerprint density at radius 3 is 2.59 bits per heavy atom. The quantitative estimate of drug-likeness (QED) is 0.636. The molecule has 0 bridgehead atoms. The zero-order chi connectivity index (χ0) is 12.4. The van der Waals surface area contributed by atoms with Gasteiger partial charge >= 0.3 is 5.97 Å². The van der Waals surface area contributed by atoms with Gasteiger partial charge in [-0.15, -0.1) is 0 Å². The van der Waals surface area contributed by atoms with Crippen molar-refractivity contribution in [3.63, 3.8) is 0 Å². The van der Waals surface area contributed by atoms with E-state index in [9.17, 15) is 4.79 Å². The third-order valence-corrected chi connectivity index (χ3v) is 2.67. The molecular weight excluding hydrogens is 218 g/mol. The van der Waals surface area contributed by atoms with E-state index in [2.05, 4.69) is 4.74 Å². The van der Waals surface area contributed by atoms with Crippen molar-refractivity contribution < 1.29 is 14.3 Å². The maximum Gasteiger partial charge on any atom is 0.339 e. The highest BCUT2D eigenvalue weighted by Crippen LogP contribution is 2.28. The molecule has 4 heteroatoms. The first-order chi connectivity index (χ1) is 8.17. The molecule has 17 heavy (non-hydrogen) atoms. The summed E-state index contributed by atoms with van der Waals surface area (Å²) in [5.41, 5.74) is 6.75. The van der Waals surface area contributed by atoms with Gasteiger partial charge in [0.1, 0.15) is 5.75 Å². The molecular formula is C13H13NO3. The molecule has 2 N–H and O–H groups in total. The first kappa shape index (κ1) is 11.3. The fraction of sp³-hybridized carbons (Fsp3) is 0.154. The van der Waals surface area contributed by atoms with Crippen molar-refractivity contribution in [2.45, 2.75) is 0 Å². The number of rotatable bonds is 2. The minimum atomic E-state index is -0.430. The van der Waals surface area contributed by atoms with Crippen molar-refractivity contribution >= 4 is 22.4 Å². The molecule has 0 atom stereocenters. The van der Waals surface area contributed by atoms with Gasteiger partial charge in [-0.05, 0) is 29.7 Å². The molecule has 0 aromatic heterocycles. The van der Waals surface area contributed by atoms with Crippen molar-refractivity contribution in [3.05, 3.63) is 35.9 Å². The van der Waals surface area contributed by atoms with Gasteiger partial charge in [0.25, 0.3) is 0 Å². The number of esters is 1. The summed E-state index contributed by atoms with van der Waals surface area (Å²) in [6.07, 6.45) is 0. The normalized spacial score (nSPS) is 10.2. The molecule has 0 aliphatic carbocycles. The van der Waals surface area contributed by atoms with Crippen LogP contribution in [0.2, 0.25) is 0 Å². The highest BCUT2D eigenvalue weighted by Gasteiger charge is 2.12. The highest BCUT2D eigenvalue weighted by molar-refractivity contribution is 6.05. The summed E-state index contributed by atoms with van der Waals surface area (Å²) in [4.78, 5) is 11.5. The number of methoxy groups -OCH3 is 2. The lowest BCUT2D eigenvalue weighted by Gasteiger charge is -2.08. The number of carbonyl (C=O) groups is 1. The number of ether oxygens (including phenoxy) is 2. The molecule has 0 fully saturated rings. The van der Waals surface area contributed by atoms with E-state index < -0.39 is 5.97 Å². The second-order valence-corrected chi connectivity index (χ2v) is 3.61. The SMILES string of the molecule is COC(=O)c1ccc2cc(OC)ccc2c1N. The van der Waals surface area contributed by atoms with Crippen molar-refractivity contribution in [1.82, 2.24) is 0 Å². The van der Waals surface area contributed by atoms with E-state index in [1.165, 1.54) is 7.11 Å². The van der Waals surface area contributed by atoms with Gasteiger partial charge in [-0.1, -0.05) is 6.07 Å². The van der Waals surface area contributed by atoms with E-state index in [1.54, 1.807) is 19.2 Å². The fourth-order valence-corrected chi connectivity index (χ4v) is 1.75. The number of nitrogens with two attached hydrogens (primary N) is 1. The van der Waals surface area contributed by atoms with Gasteiger partial charge in [-0.3, -0.25) is 0 Å². The zero-order valence-electron chi connectivity index (χ0n) is 9.69. The molecule has 2 aromatic carbocycles. The molecule has 0 heterocycles. The lowest BCUT2D eigenvalue weighted by Crippen LogP contribution is -2.05. The summed E-state index contributed by atoms with van der Waals surface area (Å²) in [5.74, 6) is 0.322. The number of nitrogen functional groups attached to an aromatic ring is 1. The van der Waals surface area contributed by atoms with Gasteiger partial charge < -0.3 is 15.2 Å². The number of benzene rings is 2. The minimum Gasteiger partial charge on any atom is -0.497 e. The van der Waals surface area contributed by atoms with Gasteiger partial charge in [0.05, 0.1) is 25.5 Å². The van der Waals surface area contributed by atoms with E-state index in [4.69, 9.17) is 10.5 Å². The van der Waals surface area contributed by atoms with E-state index in [0.717, 1.165) is 16.5 Å². The fourth-order valence-electron chi connectivity index (χ4n) is 1.75. The molecule has 0 saturated heterocycles. The van der Waals surface area contributed by atoms with Crippen molar-refractivity contribution in [2.75, 3.05) is 20.0 Å². The Morgan fingerprint density at radius 1 is 1.18 bits per heavy atom. The second-order valence-electron chi connectivity index (χ2n) is 3.61. The predicted octanol–water partition coefficient (Wildman–Crippen LogP) is 2.22. The molecule has 0 unspecified atom stereocenters. The molecule has 0 saturated carbocycles. The lowest BCUT2D eigenvalue weighted by atomic mass is 10.0. The minimum absolute atomic E-state index is 0.380. The molecule has 0 aliphatic rings. The number of fused-ring (bicyclic) bond motifs is 1. The molecule has 88 valence electrons. The van der Waals surface area contributed by atoms with Crippen molar-refractivity contribution in [1.29, 1.82) is 0 Å². The van der Waals surface area contributed by atoms with Crippen LogP contribution in [0.25, 0.3) is 10.8 Å². The summed E-state index contributed by atoms with van der Waals surface area (Å²) in [6, 6.07) is 8.98. The second kappa shape index (κ2) is 4.33. The highest BCUT2D eigenvalue weighted by atomic mass is 16.5. The van der Waals surface area contributed by atoms with Crippen LogP contribution in [0, 0.1) is 0 Å². The Kier molecular flexibility index (Phi) is 2.87. The van der Waals surface area contributed by atoms with Crippen LogP contribution in [-0.2, 0) is 4.74 Å². The molecule has 0 spiro atoms. The van der Waals surface area contributed by atoms with E-state index in [0.29, 0.717) is 11.3 Å². The summed E-state index contributed by atoms with van der Waals surface area (Å²) in [7, 11) is 2.94. The van der Waals surface area contributed by atoms with E-state index in [-0.39, 0.29) is 0 Å². The van der Waals surface area contributed by atoms with Crippen LogP contribution >= 0.6 is 0 Å². The first-order valence-electron chi connectivity index (χ1n) is 5.12. The summed E-state index contributed by atoms with van der Waals surface area (Å²) >= 11 is 0. The smallest absolute Gasteiger partial charge is 0.339 e. The van der Waals surface area contributed by atoms with Crippen LogP contribution in [0.4, 0.5) is 5.69 Å². The molecule has 0 aliphatic heterocycles. The summed E-state index contributed by atoms with van der Waals surface area (Å²) in [5, 5.41) is 1.74. The molecule has 0 radical (unpaired) electrons. The van der Waals surface area contributed by atoms with Crippen molar-refractivity contribution in [3.8, 4) is 5.75 Å². The maximum absolute atomic E-state index is 11.5. The van der Waals surface area contributed by atoms with Crippen LogP contribution in [0.1, 0.15) is 10.4 Å². The molecule has 2 rings (SSSR count). The summed E-state index contributed by atoms with van der Waals surface area (Å²) < 4.78 is 9.80. The molecule has 4 nitrogen and oxygen atoms in total. The Balaban J connectivity index is 2.64. The van der Waals surface area contributed by atoms with Crippen LogP contribution in [-0.4, -0.2) is 20.2 Å². The number of carbonyl (C=O) groups excluding carboxylic acids is 1. The predicted molar refractivity (Wildman–Crippen MR) is 66.3 cm³/mol. The monoisotopic (exact) mass is 231 g/mol. The van der Waals surface area contributed by atoms with Crippen LogP contribution in [0.15, 0.2) is 30.3 Å². The third-order valence-electron chi connectivity index (χ3n) is 2.67. The van der Waals surface area contributed by atoms with Crippen LogP contribution < -0.4 is 10.5 Å².